The summed E-state index contributed by atoms with van der Waals surface area (Å²) < 4.78 is 14.6. The quantitative estimate of drug-likeness (QED) is 0.129. The lowest BCUT2D eigenvalue weighted by atomic mass is 9.78. The molecule has 0 fully saturated rings. The van der Waals surface area contributed by atoms with Crippen LogP contribution in [0.2, 0.25) is 0 Å². The van der Waals surface area contributed by atoms with Crippen molar-refractivity contribution in [3.63, 3.8) is 0 Å². The molecule has 0 bridgehead atoms. The molecule has 0 atom stereocenters. The van der Waals surface area contributed by atoms with E-state index in [2.05, 4.69) is 411 Å². The standard InChI is InChI=1S/C112H88N10/c1-109(2,3)73-37-46-99-89(55-73)90-56-74(110(4,5)6)38-47-100(90)119(99)105-53-71(64-113)86(69-24-22-50-115-66-69)61-107(105)120-101-48-39-75(111(7,8)9)57-91(101)92-58-76(40-49-102(92)120)112(10,11)63-68-36-45-98-88(52-68)83-30-16-19-33-95(83)118(98)78-42-44-84-81-28-14-20-34-96(81)121(103(84)60-78)106-54-72(65-114)87(70-25-23-51-116-67-70)62-108(106)122-97-35-21-15-29-82(97)85-43-41-77(59-104(85)122)117-93-31-17-12-26-79(93)80-27-13-18-32-94(80)117/h12-62,66-67H,63H2,1-11H3. The van der Waals surface area contributed by atoms with Crippen molar-refractivity contribution in [3.05, 3.63) is 361 Å². The lowest BCUT2D eigenvalue weighted by Gasteiger charge is -2.26. The first-order valence-corrected chi connectivity index (χ1v) is 42.3. The molecule has 0 radical (unpaired) electrons. The van der Waals surface area contributed by atoms with Crippen LogP contribution >= 0.6 is 0 Å². The third-order valence-electron chi connectivity index (χ3n) is 26.1. The van der Waals surface area contributed by atoms with Gasteiger partial charge in [-0.25, -0.2) is 0 Å². The van der Waals surface area contributed by atoms with Crippen LogP contribution in [0.15, 0.2) is 322 Å². The highest BCUT2D eigenvalue weighted by atomic mass is 15.1. The van der Waals surface area contributed by atoms with Crippen molar-refractivity contribution in [1.82, 2.24) is 37.4 Å². The summed E-state index contributed by atoms with van der Waals surface area (Å²) in [6.45, 7) is 25.4. The van der Waals surface area contributed by atoms with E-state index in [1.807, 2.05) is 24.5 Å². The van der Waals surface area contributed by atoms with Crippen LogP contribution in [-0.4, -0.2) is 37.4 Å². The molecule has 14 aromatic carbocycles. The summed E-state index contributed by atoms with van der Waals surface area (Å²) in [6.07, 6.45) is 8.09. The number of hydrogen-bond donors (Lipinski definition) is 0. The average Bonchev–Trinajstić information content (AvgIpc) is 1.55. The second-order valence-corrected chi connectivity index (χ2v) is 37.1. The number of hydrogen-bond acceptors (Lipinski definition) is 4. The van der Waals surface area contributed by atoms with Gasteiger partial charge in [-0.3, -0.25) is 9.97 Å². The van der Waals surface area contributed by atoms with E-state index in [-0.39, 0.29) is 21.7 Å². The normalized spacial score (nSPS) is 12.6. The van der Waals surface area contributed by atoms with Gasteiger partial charge in [0, 0.05) is 123 Å². The van der Waals surface area contributed by atoms with Crippen LogP contribution in [0.25, 0.3) is 187 Å². The summed E-state index contributed by atoms with van der Waals surface area (Å²) >= 11 is 0. The minimum absolute atomic E-state index is 0.0867. The molecule has 0 amide bonds. The molecule has 0 spiro atoms. The number of nitriles is 2. The van der Waals surface area contributed by atoms with Gasteiger partial charge in [0.1, 0.15) is 0 Å². The van der Waals surface area contributed by atoms with Gasteiger partial charge < -0.3 is 27.4 Å². The van der Waals surface area contributed by atoms with Gasteiger partial charge in [-0.1, -0.05) is 222 Å². The third kappa shape index (κ3) is 11.4. The number of fused-ring (bicyclic) bond motifs is 18. The minimum Gasteiger partial charge on any atom is -0.309 e. The lowest BCUT2D eigenvalue weighted by molar-refractivity contribution is 0.523. The van der Waals surface area contributed by atoms with Crippen molar-refractivity contribution in [2.75, 3.05) is 0 Å². The van der Waals surface area contributed by atoms with E-state index in [1.165, 1.54) is 65.5 Å². The van der Waals surface area contributed by atoms with Crippen LogP contribution in [0.4, 0.5) is 0 Å². The Hall–Kier alpha value is -14.8. The minimum atomic E-state index is -0.350. The molecular formula is C112H88N10. The Morgan fingerprint density at radius 3 is 0.910 bits per heavy atom. The molecule has 0 saturated carbocycles. The number of pyridine rings is 2. The zero-order valence-electron chi connectivity index (χ0n) is 70.3. The van der Waals surface area contributed by atoms with Crippen LogP contribution < -0.4 is 0 Å². The highest BCUT2D eigenvalue weighted by Crippen LogP contribution is 2.49. The zero-order chi connectivity index (χ0) is 83.1. The van der Waals surface area contributed by atoms with E-state index >= 15 is 0 Å². The van der Waals surface area contributed by atoms with E-state index in [1.54, 1.807) is 12.4 Å². The SMILES string of the molecule is CC(C)(C)c1ccc2c(c1)c1cc(C(C)(C)C)ccc1n2-c1cc(C#N)c(-c2cccnc2)cc1-n1c2ccc(C(C)(C)C)cc2c2cc(C(C)(C)Cc3ccc4c(c3)c3ccccc3n4-c3ccc4c5ccccc5n(-c5cc(C#N)c(-c6cccnc6)cc5-n5c6ccccc6c6ccc(-n7c8ccccc8c8ccccc87)cc65)c4c3)ccc21. The Balaban J connectivity index is 0.696. The van der Waals surface area contributed by atoms with Gasteiger partial charge in [0.2, 0.25) is 0 Å². The summed E-state index contributed by atoms with van der Waals surface area (Å²) in [7, 11) is 0. The Morgan fingerprint density at radius 1 is 0.254 bits per heavy atom. The molecule has 586 valence electrons. The van der Waals surface area contributed by atoms with Crippen LogP contribution in [-0.2, 0) is 28.1 Å². The highest BCUT2D eigenvalue weighted by Gasteiger charge is 2.31. The molecule has 0 unspecified atom stereocenters. The number of para-hydroxylation sites is 5. The molecule has 0 aliphatic heterocycles. The molecule has 0 N–H and O–H groups in total. The molecule has 0 aliphatic rings. The van der Waals surface area contributed by atoms with Gasteiger partial charge >= 0.3 is 0 Å². The number of benzene rings is 14. The van der Waals surface area contributed by atoms with Crippen molar-refractivity contribution >= 4 is 131 Å². The Labute approximate surface area is 707 Å². The first-order chi connectivity index (χ1) is 59.1. The highest BCUT2D eigenvalue weighted by molar-refractivity contribution is 6.17. The molecule has 8 aromatic heterocycles. The third-order valence-corrected chi connectivity index (χ3v) is 26.1. The van der Waals surface area contributed by atoms with Crippen molar-refractivity contribution in [1.29, 1.82) is 10.5 Å². The first-order valence-electron chi connectivity index (χ1n) is 42.3. The summed E-state index contributed by atoms with van der Waals surface area (Å²) in [5, 5.41) is 36.8. The van der Waals surface area contributed by atoms with Gasteiger partial charge in [-0.15, -0.1) is 0 Å². The van der Waals surface area contributed by atoms with Crippen molar-refractivity contribution < 1.29 is 0 Å². The molecule has 0 saturated heterocycles. The molecule has 10 nitrogen and oxygen atoms in total. The van der Waals surface area contributed by atoms with Gasteiger partial charge in [0.05, 0.1) is 112 Å². The molecule has 10 heteroatoms. The summed E-state index contributed by atoms with van der Waals surface area (Å²) in [6, 6.07) is 115. The first kappa shape index (κ1) is 73.5. The molecule has 122 heavy (non-hydrogen) atoms. The van der Waals surface area contributed by atoms with Crippen LogP contribution in [0.5, 0.6) is 0 Å². The second-order valence-electron chi connectivity index (χ2n) is 37.1. The molecule has 22 rings (SSSR count). The Morgan fingerprint density at radius 2 is 0.549 bits per heavy atom. The number of nitrogens with zero attached hydrogens (tertiary/aromatic N) is 10. The molecular weight excluding hydrogens is 1490 g/mol. The Bertz CT molecular complexity index is 8150. The topological polar surface area (TPSA) is 103 Å². The van der Waals surface area contributed by atoms with Gasteiger partial charge in [0.25, 0.3) is 0 Å². The van der Waals surface area contributed by atoms with E-state index in [9.17, 15) is 10.5 Å². The molecule has 22 aromatic rings. The predicted molar refractivity (Wildman–Crippen MR) is 508 cm³/mol. The fourth-order valence-electron chi connectivity index (χ4n) is 19.9. The maximum absolute atomic E-state index is 11.5. The fourth-order valence-corrected chi connectivity index (χ4v) is 19.9. The van der Waals surface area contributed by atoms with Gasteiger partial charge in [0.15, 0.2) is 0 Å². The van der Waals surface area contributed by atoms with E-state index in [0.29, 0.717) is 11.1 Å². The summed E-state index contributed by atoms with van der Waals surface area (Å²) in [5.74, 6) is 0. The summed E-state index contributed by atoms with van der Waals surface area (Å²) in [4.78, 5) is 9.24. The maximum Gasteiger partial charge on any atom is 0.0999 e. The van der Waals surface area contributed by atoms with Crippen LogP contribution in [0.3, 0.4) is 0 Å². The lowest BCUT2D eigenvalue weighted by Crippen LogP contribution is -2.20. The predicted octanol–water partition coefficient (Wildman–Crippen LogP) is 28.5. The van der Waals surface area contributed by atoms with E-state index < -0.39 is 0 Å². The van der Waals surface area contributed by atoms with Crippen molar-refractivity contribution in [3.8, 4) is 68.5 Å². The number of rotatable bonds is 11. The molecule has 0 aliphatic carbocycles. The zero-order valence-corrected chi connectivity index (χ0v) is 70.3. The summed E-state index contributed by atoms with van der Waals surface area (Å²) in [5.41, 5.74) is 28.7. The smallest absolute Gasteiger partial charge is 0.0999 e. The average molecular weight is 1570 g/mol. The van der Waals surface area contributed by atoms with Crippen LogP contribution in [0.1, 0.15) is 115 Å². The van der Waals surface area contributed by atoms with Gasteiger partial charge in [-0.05, 0) is 208 Å². The largest absolute Gasteiger partial charge is 0.309 e. The monoisotopic (exact) mass is 1570 g/mol. The van der Waals surface area contributed by atoms with Crippen molar-refractivity contribution in [2.45, 2.75) is 104 Å². The van der Waals surface area contributed by atoms with E-state index in [0.717, 1.165) is 156 Å². The fraction of sp³-hybridized carbons (Fsp3) is 0.143. The maximum atomic E-state index is 11.5. The van der Waals surface area contributed by atoms with Crippen LogP contribution in [0, 0.1) is 22.7 Å². The van der Waals surface area contributed by atoms with Gasteiger partial charge in [-0.2, -0.15) is 10.5 Å². The molecule has 8 heterocycles. The van der Waals surface area contributed by atoms with E-state index in [4.69, 9.17) is 0 Å². The number of aromatic nitrogens is 8. The second kappa shape index (κ2) is 27.1. The Kier molecular flexibility index (Phi) is 16.3. The van der Waals surface area contributed by atoms with Crippen molar-refractivity contribution in [2.24, 2.45) is 0 Å².